The normalized spacial score (nSPS) is 16.1. The van der Waals surface area contributed by atoms with E-state index in [1.807, 2.05) is 0 Å². The maximum atomic E-state index is 12.6. The Bertz CT molecular complexity index is 743. The van der Waals surface area contributed by atoms with Crippen molar-refractivity contribution in [2.24, 2.45) is 0 Å². The molecule has 0 aliphatic carbocycles. The zero-order valence-corrected chi connectivity index (χ0v) is 16.2. The quantitative estimate of drug-likeness (QED) is 0.725. The molecule has 0 bridgehead atoms. The topological polar surface area (TPSA) is 90.0 Å². The summed E-state index contributed by atoms with van der Waals surface area (Å²) in [7, 11) is -3.54. The molecule has 0 radical (unpaired) electrons. The molecule has 1 aromatic rings. The molecule has 1 aliphatic rings. The van der Waals surface area contributed by atoms with E-state index in [1.54, 1.807) is 20.8 Å². The minimum atomic E-state index is -3.54. The van der Waals surface area contributed by atoms with Gasteiger partial charge in [0, 0.05) is 13.1 Å². The van der Waals surface area contributed by atoms with Crippen LogP contribution in [-0.4, -0.2) is 50.0 Å². The highest BCUT2D eigenvalue weighted by Crippen LogP contribution is 2.21. The molecule has 1 aliphatic heterocycles. The highest BCUT2D eigenvalue weighted by Gasteiger charge is 2.26. The Labute approximate surface area is 154 Å². The Balaban J connectivity index is 1.98. The van der Waals surface area contributed by atoms with Crippen LogP contribution in [0.2, 0.25) is 0 Å². The minimum Gasteiger partial charge on any atom is -0.457 e. The Morgan fingerprint density at radius 2 is 1.62 bits per heavy atom. The van der Waals surface area contributed by atoms with Gasteiger partial charge in [0.25, 0.3) is 0 Å². The van der Waals surface area contributed by atoms with Crippen LogP contribution >= 0.6 is 0 Å². The molecule has 0 N–H and O–H groups in total. The molecule has 0 atom stereocenters. The monoisotopic (exact) mass is 383 g/mol. The molecule has 0 aromatic heterocycles. The van der Waals surface area contributed by atoms with Gasteiger partial charge in [-0.3, -0.25) is 0 Å². The van der Waals surface area contributed by atoms with Gasteiger partial charge in [-0.2, -0.15) is 4.31 Å². The van der Waals surface area contributed by atoms with E-state index in [9.17, 15) is 18.0 Å². The van der Waals surface area contributed by atoms with E-state index < -0.39 is 34.2 Å². The number of ether oxygens (including phenoxy) is 2. The minimum absolute atomic E-state index is 0.142. The summed E-state index contributed by atoms with van der Waals surface area (Å²) >= 11 is 0. The highest BCUT2D eigenvalue weighted by atomic mass is 32.2. The van der Waals surface area contributed by atoms with Gasteiger partial charge in [-0.25, -0.2) is 18.0 Å². The molecular formula is C18H25NO6S. The molecule has 1 heterocycles. The molecule has 0 spiro atoms. The molecule has 1 fully saturated rings. The molecule has 0 saturated carbocycles. The first-order valence-corrected chi connectivity index (χ1v) is 10.0. The summed E-state index contributed by atoms with van der Waals surface area (Å²) in [6, 6.07) is 5.53. The van der Waals surface area contributed by atoms with Crippen LogP contribution < -0.4 is 0 Å². The largest absolute Gasteiger partial charge is 0.457 e. The first kappa shape index (κ1) is 20.4. The molecule has 0 amide bonds. The predicted octanol–water partition coefficient (Wildman–Crippen LogP) is 2.36. The summed E-state index contributed by atoms with van der Waals surface area (Å²) < 4.78 is 36.6. The maximum Gasteiger partial charge on any atom is 0.344 e. The van der Waals surface area contributed by atoms with Gasteiger partial charge in [-0.1, -0.05) is 6.42 Å². The number of carbonyl (C=O) groups excluding carboxylic acids is 2. The third kappa shape index (κ3) is 5.54. The van der Waals surface area contributed by atoms with Gasteiger partial charge in [0.1, 0.15) is 5.60 Å². The summed E-state index contributed by atoms with van der Waals surface area (Å²) in [5.41, 5.74) is -0.486. The van der Waals surface area contributed by atoms with Crippen molar-refractivity contribution < 1.29 is 27.5 Å². The number of sulfonamides is 1. The lowest BCUT2D eigenvalue weighted by atomic mass is 10.2. The van der Waals surface area contributed by atoms with E-state index in [1.165, 1.54) is 28.6 Å². The maximum absolute atomic E-state index is 12.6. The molecule has 144 valence electrons. The van der Waals surface area contributed by atoms with Crippen molar-refractivity contribution in [2.45, 2.75) is 50.5 Å². The second kappa shape index (κ2) is 8.18. The number of carbonyl (C=O) groups is 2. The van der Waals surface area contributed by atoms with Crippen LogP contribution in [0.5, 0.6) is 0 Å². The second-order valence-corrected chi connectivity index (χ2v) is 9.09. The van der Waals surface area contributed by atoms with E-state index in [-0.39, 0.29) is 10.5 Å². The van der Waals surface area contributed by atoms with Gasteiger partial charge in [-0.05, 0) is 57.9 Å². The molecule has 8 heteroatoms. The zero-order valence-electron chi connectivity index (χ0n) is 15.4. The lowest BCUT2D eigenvalue weighted by molar-refractivity contribution is -0.158. The number of hydrogen-bond donors (Lipinski definition) is 0. The fraction of sp³-hybridized carbons (Fsp3) is 0.556. The Morgan fingerprint density at radius 1 is 1.04 bits per heavy atom. The van der Waals surface area contributed by atoms with Crippen molar-refractivity contribution >= 4 is 22.0 Å². The van der Waals surface area contributed by atoms with E-state index >= 15 is 0 Å². The average Bonchev–Trinajstić information content (AvgIpc) is 2.59. The van der Waals surface area contributed by atoms with Crippen LogP contribution in [0.4, 0.5) is 0 Å². The van der Waals surface area contributed by atoms with Crippen LogP contribution in [0, 0.1) is 0 Å². The summed E-state index contributed by atoms with van der Waals surface area (Å²) in [5.74, 6) is -1.35. The van der Waals surface area contributed by atoms with Gasteiger partial charge in [-0.15, -0.1) is 0 Å². The third-order valence-electron chi connectivity index (χ3n) is 3.78. The predicted molar refractivity (Wildman–Crippen MR) is 95.2 cm³/mol. The fourth-order valence-corrected chi connectivity index (χ4v) is 4.11. The smallest absolute Gasteiger partial charge is 0.344 e. The van der Waals surface area contributed by atoms with E-state index in [0.29, 0.717) is 13.1 Å². The van der Waals surface area contributed by atoms with Crippen molar-refractivity contribution in [2.75, 3.05) is 19.7 Å². The number of nitrogens with zero attached hydrogens (tertiary/aromatic N) is 1. The second-order valence-electron chi connectivity index (χ2n) is 7.15. The van der Waals surface area contributed by atoms with E-state index in [0.717, 1.165) is 19.3 Å². The van der Waals surface area contributed by atoms with Crippen LogP contribution in [0.3, 0.4) is 0 Å². The molecule has 1 saturated heterocycles. The lowest BCUT2D eigenvalue weighted by Crippen LogP contribution is -2.35. The molecule has 7 nitrogen and oxygen atoms in total. The molecule has 2 rings (SSSR count). The first-order valence-electron chi connectivity index (χ1n) is 8.59. The third-order valence-corrected chi connectivity index (χ3v) is 5.70. The number of hydrogen-bond acceptors (Lipinski definition) is 6. The van der Waals surface area contributed by atoms with Crippen LogP contribution in [0.25, 0.3) is 0 Å². The average molecular weight is 383 g/mol. The summed E-state index contributed by atoms with van der Waals surface area (Å²) in [4.78, 5) is 23.7. The van der Waals surface area contributed by atoms with Crippen molar-refractivity contribution in [1.82, 2.24) is 4.31 Å². The molecular weight excluding hydrogens is 358 g/mol. The summed E-state index contributed by atoms with van der Waals surface area (Å²) in [6.45, 7) is 5.69. The number of benzene rings is 1. The van der Waals surface area contributed by atoms with Gasteiger partial charge >= 0.3 is 11.9 Å². The molecule has 1 aromatic carbocycles. The molecule has 0 unspecified atom stereocenters. The first-order chi connectivity index (χ1) is 12.1. The Kier molecular flexibility index (Phi) is 6.41. The van der Waals surface area contributed by atoms with Crippen LogP contribution in [-0.2, 0) is 24.3 Å². The number of rotatable bonds is 5. The Morgan fingerprint density at radius 3 is 2.15 bits per heavy atom. The van der Waals surface area contributed by atoms with Gasteiger partial charge in [0.05, 0.1) is 10.5 Å². The van der Waals surface area contributed by atoms with Crippen molar-refractivity contribution in [3.8, 4) is 0 Å². The zero-order chi connectivity index (χ0) is 19.4. The SMILES string of the molecule is CC(C)(C)OC(=O)COC(=O)c1ccc(S(=O)(=O)N2CCCCC2)cc1. The van der Waals surface area contributed by atoms with Gasteiger partial charge in [0.2, 0.25) is 10.0 Å². The van der Waals surface area contributed by atoms with E-state index in [4.69, 9.17) is 9.47 Å². The van der Waals surface area contributed by atoms with Crippen LogP contribution in [0.1, 0.15) is 50.4 Å². The summed E-state index contributed by atoms with van der Waals surface area (Å²) in [6.07, 6.45) is 2.75. The van der Waals surface area contributed by atoms with Gasteiger partial charge < -0.3 is 9.47 Å². The highest BCUT2D eigenvalue weighted by molar-refractivity contribution is 7.89. The van der Waals surface area contributed by atoms with Crippen molar-refractivity contribution in [3.63, 3.8) is 0 Å². The fourth-order valence-electron chi connectivity index (χ4n) is 2.60. The van der Waals surface area contributed by atoms with Gasteiger partial charge in [0.15, 0.2) is 6.61 Å². The van der Waals surface area contributed by atoms with Crippen LogP contribution in [0.15, 0.2) is 29.2 Å². The Hall–Kier alpha value is -1.93. The standard InChI is InChI=1S/C18H25NO6S/c1-18(2,3)25-16(20)13-24-17(21)14-7-9-15(10-8-14)26(22,23)19-11-5-4-6-12-19/h7-10H,4-6,11-13H2,1-3H3. The summed E-state index contributed by atoms with van der Waals surface area (Å²) in [5, 5.41) is 0. The number of piperidine rings is 1. The number of esters is 2. The van der Waals surface area contributed by atoms with Crippen molar-refractivity contribution in [1.29, 1.82) is 0 Å². The van der Waals surface area contributed by atoms with E-state index in [2.05, 4.69) is 0 Å². The molecule has 26 heavy (non-hydrogen) atoms. The van der Waals surface area contributed by atoms with Crippen molar-refractivity contribution in [3.05, 3.63) is 29.8 Å². The lowest BCUT2D eigenvalue weighted by Gasteiger charge is -2.25.